The molecule has 5 rings (SSSR count). The lowest BCUT2D eigenvalue weighted by atomic mass is 10.1. The number of amides is 1. The van der Waals surface area contributed by atoms with Crippen molar-refractivity contribution in [3.05, 3.63) is 88.3 Å². The van der Waals surface area contributed by atoms with Gasteiger partial charge < -0.3 is 10.1 Å². The quantitative estimate of drug-likeness (QED) is 0.451. The van der Waals surface area contributed by atoms with Crippen LogP contribution < -0.4 is 14.9 Å². The summed E-state index contributed by atoms with van der Waals surface area (Å²) in [4.78, 5) is 21.6. The molecule has 2 aromatic heterocycles. The average Bonchev–Trinajstić information content (AvgIpc) is 3.21. The van der Waals surface area contributed by atoms with E-state index < -0.39 is 0 Å². The lowest BCUT2D eigenvalue weighted by molar-refractivity contribution is -0.118. The van der Waals surface area contributed by atoms with E-state index in [1.165, 1.54) is 11.3 Å². The minimum atomic E-state index is -0.168. The second-order valence-electron chi connectivity index (χ2n) is 7.64. The monoisotopic (exact) mass is 455 g/mol. The number of pyridine rings is 1. The third-order valence-electron chi connectivity index (χ3n) is 5.15. The molecule has 1 amide bonds. The molecule has 1 aliphatic heterocycles. The molecule has 1 aliphatic rings. The van der Waals surface area contributed by atoms with Crippen molar-refractivity contribution in [1.29, 1.82) is 0 Å². The summed E-state index contributed by atoms with van der Waals surface area (Å²) < 4.78 is 7.34. The molecule has 0 saturated heterocycles. The van der Waals surface area contributed by atoms with Gasteiger partial charge >= 0.3 is 0 Å². The predicted octanol–water partition coefficient (Wildman–Crippen LogP) is 4.76. The molecule has 3 heterocycles. The number of carbonyl (C=O) groups is 1. The number of nitrogens with one attached hydrogen (secondary N) is 1. The van der Waals surface area contributed by atoms with Crippen LogP contribution in [0.3, 0.4) is 0 Å². The van der Waals surface area contributed by atoms with Crippen molar-refractivity contribution in [2.75, 3.05) is 11.9 Å². The van der Waals surface area contributed by atoms with Gasteiger partial charge in [-0.25, -0.2) is 9.67 Å². The van der Waals surface area contributed by atoms with Crippen LogP contribution in [0, 0.1) is 6.92 Å². The highest BCUT2D eigenvalue weighted by Crippen LogP contribution is 2.33. The van der Waals surface area contributed by atoms with Crippen LogP contribution in [0.4, 0.5) is 11.4 Å². The van der Waals surface area contributed by atoms with Crippen molar-refractivity contribution in [2.45, 2.75) is 13.8 Å². The van der Waals surface area contributed by atoms with E-state index in [0.29, 0.717) is 11.4 Å². The zero-order chi connectivity index (χ0) is 22.8. The number of hydrogen-bond acceptors (Lipinski definition) is 6. The molecule has 0 unspecified atom stereocenters. The summed E-state index contributed by atoms with van der Waals surface area (Å²) in [5.74, 6) is 0.485. The Balaban J connectivity index is 1.67. The highest BCUT2D eigenvalue weighted by molar-refractivity contribution is 7.07. The molecule has 0 spiro atoms. The summed E-state index contributed by atoms with van der Waals surface area (Å²) in [5.41, 5.74) is 6.13. The van der Waals surface area contributed by atoms with Crippen molar-refractivity contribution in [3.63, 3.8) is 0 Å². The van der Waals surface area contributed by atoms with Crippen molar-refractivity contribution >= 4 is 34.3 Å². The van der Waals surface area contributed by atoms with Crippen LogP contribution in [-0.2, 0) is 4.79 Å². The number of thiazole rings is 1. The molecule has 0 atom stereocenters. The fraction of sp³-hybridized carbons (Fsp3) is 0.120. The fourth-order valence-corrected chi connectivity index (χ4v) is 4.36. The molecule has 164 valence electrons. The molecule has 0 bridgehead atoms. The molecule has 4 aromatic rings. The Bertz CT molecular complexity index is 1440. The topological polar surface area (TPSA) is 80.9 Å². The second-order valence-corrected chi connectivity index (χ2v) is 8.48. The number of rotatable bonds is 4. The maximum absolute atomic E-state index is 11.8. The van der Waals surface area contributed by atoms with Crippen LogP contribution >= 0.6 is 11.3 Å². The number of anilines is 1. The Morgan fingerprint density at radius 3 is 2.91 bits per heavy atom. The minimum absolute atomic E-state index is 0.0267. The number of ether oxygens (including phenoxy) is 1. The Kier molecular flexibility index (Phi) is 5.58. The summed E-state index contributed by atoms with van der Waals surface area (Å²) in [6.45, 7) is 4.02. The molecule has 8 heteroatoms. The third-order valence-corrected chi connectivity index (χ3v) is 5.97. The molecule has 2 aromatic carbocycles. The van der Waals surface area contributed by atoms with E-state index in [4.69, 9.17) is 14.8 Å². The standard InChI is InChI=1S/C25H21N5O2S/c1-16-5-3-7-20(11-16)27-25-30(29-17(2)19-6-4-10-26-13-19)22(15-33-25)18-8-9-23-21(12-18)28-24(31)14-32-23/h3-13,15H,14H2,1-2H3,(H,28,31). The van der Waals surface area contributed by atoms with Crippen LogP contribution in [0.1, 0.15) is 18.1 Å². The lowest BCUT2D eigenvalue weighted by Gasteiger charge is -2.18. The van der Waals surface area contributed by atoms with Crippen LogP contribution in [0.5, 0.6) is 5.75 Å². The van der Waals surface area contributed by atoms with E-state index in [1.54, 1.807) is 12.4 Å². The van der Waals surface area contributed by atoms with Crippen LogP contribution in [0.2, 0.25) is 0 Å². The second kappa shape index (κ2) is 8.84. The summed E-state index contributed by atoms with van der Waals surface area (Å²) in [6.07, 6.45) is 3.52. The lowest BCUT2D eigenvalue weighted by Crippen LogP contribution is -2.25. The smallest absolute Gasteiger partial charge is 0.262 e. The first-order valence-corrected chi connectivity index (χ1v) is 11.3. The molecule has 0 aliphatic carbocycles. The van der Waals surface area contributed by atoms with E-state index in [2.05, 4.69) is 10.3 Å². The van der Waals surface area contributed by atoms with Crippen molar-refractivity contribution in [3.8, 4) is 17.0 Å². The minimum Gasteiger partial charge on any atom is -0.482 e. The van der Waals surface area contributed by atoms with E-state index in [1.807, 2.05) is 78.5 Å². The molecular weight excluding hydrogens is 434 g/mol. The van der Waals surface area contributed by atoms with Gasteiger partial charge in [-0.15, -0.1) is 11.3 Å². The van der Waals surface area contributed by atoms with Gasteiger partial charge in [0.05, 0.1) is 22.8 Å². The number of carbonyl (C=O) groups excluding carboxylic acids is 1. The van der Waals surface area contributed by atoms with E-state index in [0.717, 1.165) is 38.6 Å². The van der Waals surface area contributed by atoms with E-state index in [9.17, 15) is 4.79 Å². The van der Waals surface area contributed by atoms with Crippen molar-refractivity contribution in [1.82, 2.24) is 9.66 Å². The zero-order valence-corrected chi connectivity index (χ0v) is 19.0. The van der Waals surface area contributed by atoms with Crippen molar-refractivity contribution in [2.24, 2.45) is 10.1 Å². The van der Waals surface area contributed by atoms with Gasteiger partial charge in [-0.1, -0.05) is 18.2 Å². The molecule has 33 heavy (non-hydrogen) atoms. The Labute approximate surface area is 194 Å². The van der Waals surface area contributed by atoms with Gasteiger partial charge in [-0.3, -0.25) is 9.78 Å². The number of aromatic nitrogens is 2. The molecule has 0 radical (unpaired) electrons. The number of benzene rings is 2. The summed E-state index contributed by atoms with van der Waals surface area (Å²) in [7, 11) is 0. The normalized spacial score (nSPS) is 13.9. The van der Waals surface area contributed by atoms with Gasteiger partial charge in [0.2, 0.25) is 4.80 Å². The maximum Gasteiger partial charge on any atom is 0.262 e. The largest absolute Gasteiger partial charge is 0.482 e. The van der Waals surface area contributed by atoms with Crippen LogP contribution in [-0.4, -0.2) is 27.9 Å². The first kappa shape index (κ1) is 20.8. The Morgan fingerprint density at radius 1 is 1.18 bits per heavy atom. The first-order chi connectivity index (χ1) is 16.1. The van der Waals surface area contributed by atoms with Gasteiger partial charge in [-0.2, -0.15) is 5.10 Å². The molecule has 7 nitrogen and oxygen atoms in total. The van der Waals surface area contributed by atoms with Gasteiger partial charge in [0.15, 0.2) is 6.61 Å². The fourth-order valence-electron chi connectivity index (χ4n) is 3.51. The first-order valence-electron chi connectivity index (χ1n) is 10.4. The molecule has 1 N–H and O–H groups in total. The van der Waals surface area contributed by atoms with Crippen molar-refractivity contribution < 1.29 is 9.53 Å². The van der Waals surface area contributed by atoms with Gasteiger partial charge in [0, 0.05) is 28.9 Å². The predicted molar refractivity (Wildman–Crippen MR) is 130 cm³/mol. The highest BCUT2D eigenvalue weighted by Gasteiger charge is 2.18. The highest BCUT2D eigenvalue weighted by atomic mass is 32.1. The number of fused-ring (bicyclic) bond motifs is 1. The maximum atomic E-state index is 11.8. The van der Waals surface area contributed by atoms with Gasteiger partial charge in [-0.05, 0) is 55.8 Å². The Hall–Kier alpha value is -4.04. The zero-order valence-electron chi connectivity index (χ0n) is 18.1. The Morgan fingerprint density at radius 2 is 2.09 bits per heavy atom. The number of nitrogens with zero attached hydrogens (tertiary/aromatic N) is 4. The van der Waals surface area contributed by atoms with Crippen LogP contribution in [0.15, 0.2) is 82.5 Å². The van der Waals surface area contributed by atoms with Crippen LogP contribution in [0.25, 0.3) is 11.3 Å². The third kappa shape index (κ3) is 4.47. The number of hydrogen-bond donors (Lipinski definition) is 1. The molecule has 0 saturated carbocycles. The summed E-state index contributed by atoms with van der Waals surface area (Å²) in [5, 5.41) is 9.79. The van der Waals surface area contributed by atoms with Gasteiger partial charge in [0.25, 0.3) is 5.91 Å². The summed E-state index contributed by atoms with van der Waals surface area (Å²) >= 11 is 1.50. The SMILES string of the molecule is CC(=Nn1c(-c2ccc3c(c2)NC(=O)CO3)csc1=Nc1cccc(C)c1)c1cccnc1. The van der Waals surface area contributed by atoms with E-state index >= 15 is 0 Å². The average molecular weight is 456 g/mol. The number of aryl methyl sites for hydroxylation is 1. The molecule has 0 fully saturated rings. The molecular formula is C25H21N5O2S. The summed E-state index contributed by atoms with van der Waals surface area (Å²) in [6, 6.07) is 17.6. The van der Waals surface area contributed by atoms with E-state index in [-0.39, 0.29) is 12.5 Å². The van der Waals surface area contributed by atoms with Gasteiger partial charge in [0.1, 0.15) is 5.75 Å².